The first kappa shape index (κ1) is 19.6. The molecular formula is C22H24O6. The van der Waals surface area contributed by atoms with Gasteiger partial charge in [0.25, 0.3) is 0 Å². The highest BCUT2D eigenvalue weighted by Gasteiger charge is 2.33. The van der Waals surface area contributed by atoms with E-state index in [9.17, 15) is 15.0 Å². The predicted molar refractivity (Wildman–Crippen MR) is 105 cm³/mol. The SMILES string of the molecule is COc1cc([C@H]2COc3cc(O)c(CC=C(C)C)cc3C2=O)c(OC)cc1O. The van der Waals surface area contributed by atoms with Crippen LogP contribution in [0.3, 0.4) is 0 Å². The lowest BCUT2D eigenvalue weighted by molar-refractivity contribution is 0.0893. The van der Waals surface area contributed by atoms with Crippen molar-refractivity contribution in [3.8, 4) is 28.7 Å². The lowest BCUT2D eigenvalue weighted by Gasteiger charge is -2.26. The molecule has 0 amide bonds. The van der Waals surface area contributed by atoms with Gasteiger partial charge < -0.3 is 24.4 Å². The van der Waals surface area contributed by atoms with Crippen LogP contribution in [-0.2, 0) is 6.42 Å². The molecule has 0 fully saturated rings. The molecule has 0 saturated heterocycles. The molecular weight excluding hydrogens is 360 g/mol. The molecule has 1 aliphatic rings. The second-order valence-corrected chi connectivity index (χ2v) is 6.96. The Morgan fingerprint density at radius 2 is 1.82 bits per heavy atom. The van der Waals surface area contributed by atoms with E-state index >= 15 is 0 Å². The fourth-order valence-electron chi connectivity index (χ4n) is 3.25. The Morgan fingerprint density at radius 3 is 2.46 bits per heavy atom. The van der Waals surface area contributed by atoms with Crippen molar-refractivity contribution in [3.63, 3.8) is 0 Å². The lowest BCUT2D eigenvalue weighted by Crippen LogP contribution is -2.26. The minimum absolute atomic E-state index is 0.0680. The fraction of sp³-hybridized carbons (Fsp3) is 0.318. The van der Waals surface area contributed by atoms with Gasteiger partial charge in [0.1, 0.15) is 23.9 Å². The predicted octanol–water partition coefficient (Wildman–Crippen LogP) is 3.98. The maximum absolute atomic E-state index is 13.2. The topological polar surface area (TPSA) is 85.2 Å². The van der Waals surface area contributed by atoms with E-state index in [4.69, 9.17) is 14.2 Å². The lowest BCUT2D eigenvalue weighted by atomic mass is 9.87. The monoisotopic (exact) mass is 384 g/mol. The van der Waals surface area contributed by atoms with E-state index in [-0.39, 0.29) is 29.6 Å². The van der Waals surface area contributed by atoms with Gasteiger partial charge in [-0.15, -0.1) is 0 Å². The van der Waals surface area contributed by atoms with E-state index in [0.717, 1.165) is 5.57 Å². The maximum Gasteiger partial charge on any atom is 0.177 e. The largest absolute Gasteiger partial charge is 0.508 e. The van der Waals surface area contributed by atoms with Gasteiger partial charge >= 0.3 is 0 Å². The summed E-state index contributed by atoms with van der Waals surface area (Å²) >= 11 is 0. The number of aromatic hydroxyl groups is 2. The van der Waals surface area contributed by atoms with Crippen LogP contribution in [-0.4, -0.2) is 36.8 Å². The number of phenolic OH excluding ortho intramolecular Hbond substituents is 2. The number of rotatable bonds is 5. The third kappa shape index (κ3) is 3.63. The molecule has 6 heteroatoms. The molecule has 0 bridgehead atoms. The van der Waals surface area contributed by atoms with Gasteiger partial charge in [0.05, 0.1) is 25.7 Å². The van der Waals surface area contributed by atoms with E-state index in [1.54, 1.807) is 12.1 Å². The van der Waals surface area contributed by atoms with Crippen molar-refractivity contribution in [1.29, 1.82) is 0 Å². The standard InChI is InChI=1S/C22H24O6/c1-12(2)5-6-13-7-15-20(9-17(13)23)28-11-16(22(15)25)14-8-21(27-4)18(24)10-19(14)26-3/h5,7-10,16,23-24H,6,11H2,1-4H3/t16-/m1/s1. The van der Waals surface area contributed by atoms with Crippen molar-refractivity contribution in [2.75, 3.05) is 20.8 Å². The van der Waals surface area contributed by atoms with Crippen LogP contribution < -0.4 is 14.2 Å². The number of hydrogen-bond acceptors (Lipinski definition) is 6. The molecule has 2 aromatic carbocycles. The minimum atomic E-state index is -0.613. The van der Waals surface area contributed by atoms with Crippen molar-refractivity contribution in [3.05, 3.63) is 52.6 Å². The van der Waals surface area contributed by atoms with Crippen LogP contribution in [0.2, 0.25) is 0 Å². The molecule has 28 heavy (non-hydrogen) atoms. The summed E-state index contributed by atoms with van der Waals surface area (Å²) in [6, 6.07) is 6.19. The number of fused-ring (bicyclic) bond motifs is 1. The first-order valence-electron chi connectivity index (χ1n) is 8.96. The second-order valence-electron chi connectivity index (χ2n) is 6.96. The molecule has 148 valence electrons. The summed E-state index contributed by atoms with van der Waals surface area (Å²) in [6.45, 7) is 4.05. The van der Waals surface area contributed by atoms with Gasteiger partial charge in [-0.25, -0.2) is 0 Å². The first-order valence-corrected chi connectivity index (χ1v) is 8.96. The summed E-state index contributed by atoms with van der Waals surface area (Å²) < 4.78 is 16.3. The Hall–Kier alpha value is -3.15. The molecule has 0 aliphatic carbocycles. The third-order valence-electron chi connectivity index (χ3n) is 4.81. The van der Waals surface area contributed by atoms with Crippen LogP contribution in [0.15, 0.2) is 35.9 Å². The third-order valence-corrected chi connectivity index (χ3v) is 4.81. The Morgan fingerprint density at radius 1 is 1.11 bits per heavy atom. The molecule has 0 spiro atoms. The van der Waals surface area contributed by atoms with E-state index in [0.29, 0.717) is 34.6 Å². The zero-order valence-electron chi connectivity index (χ0n) is 16.4. The number of methoxy groups -OCH3 is 2. The van der Waals surface area contributed by atoms with Gasteiger partial charge in [0.15, 0.2) is 17.3 Å². The number of ether oxygens (including phenoxy) is 3. The van der Waals surface area contributed by atoms with Crippen LogP contribution in [0, 0.1) is 0 Å². The molecule has 2 aromatic rings. The van der Waals surface area contributed by atoms with Crippen LogP contribution in [0.1, 0.15) is 41.3 Å². The van der Waals surface area contributed by atoms with Crippen molar-refractivity contribution < 1.29 is 29.2 Å². The molecule has 1 atom stereocenters. The van der Waals surface area contributed by atoms with E-state index in [1.807, 2.05) is 19.9 Å². The van der Waals surface area contributed by atoms with Crippen molar-refractivity contribution >= 4 is 5.78 Å². The fourth-order valence-corrected chi connectivity index (χ4v) is 3.25. The van der Waals surface area contributed by atoms with Gasteiger partial charge in [-0.1, -0.05) is 11.6 Å². The Bertz CT molecular complexity index is 941. The molecule has 1 heterocycles. The van der Waals surface area contributed by atoms with Gasteiger partial charge in [-0.05, 0) is 38.0 Å². The number of allylic oxidation sites excluding steroid dienone is 2. The highest BCUT2D eigenvalue weighted by Crippen LogP contribution is 2.42. The van der Waals surface area contributed by atoms with Gasteiger partial charge in [-0.2, -0.15) is 0 Å². The van der Waals surface area contributed by atoms with Crippen molar-refractivity contribution in [1.82, 2.24) is 0 Å². The number of Topliss-reactive ketones (excluding diaryl/α,β-unsaturated/α-hetero) is 1. The average Bonchev–Trinajstić information content (AvgIpc) is 2.67. The Balaban J connectivity index is 2.03. The number of hydrogen-bond donors (Lipinski definition) is 2. The van der Waals surface area contributed by atoms with Gasteiger partial charge in [0, 0.05) is 17.7 Å². The summed E-state index contributed by atoms with van der Waals surface area (Å²) in [5.74, 6) is 0.289. The molecule has 0 radical (unpaired) electrons. The number of carbonyl (C=O) groups is 1. The van der Waals surface area contributed by atoms with Gasteiger partial charge in [0.2, 0.25) is 0 Å². The van der Waals surface area contributed by atoms with Crippen molar-refractivity contribution in [2.24, 2.45) is 0 Å². The first-order chi connectivity index (χ1) is 13.3. The van der Waals surface area contributed by atoms with Crippen LogP contribution in [0.4, 0.5) is 0 Å². The summed E-state index contributed by atoms with van der Waals surface area (Å²) in [4.78, 5) is 13.2. The summed E-state index contributed by atoms with van der Waals surface area (Å²) in [6.07, 6.45) is 2.51. The van der Waals surface area contributed by atoms with E-state index < -0.39 is 5.92 Å². The Labute approximate surface area is 164 Å². The average molecular weight is 384 g/mol. The maximum atomic E-state index is 13.2. The molecule has 6 nitrogen and oxygen atoms in total. The molecule has 0 aromatic heterocycles. The summed E-state index contributed by atoms with van der Waals surface area (Å²) in [5.41, 5.74) is 2.78. The highest BCUT2D eigenvalue weighted by molar-refractivity contribution is 6.05. The minimum Gasteiger partial charge on any atom is -0.508 e. The Kier molecular flexibility index (Phi) is 5.49. The van der Waals surface area contributed by atoms with Crippen molar-refractivity contribution in [2.45, 2.75) is 26.2 Å². The second kappa shape index (κ2) is 7.84. The smallest absolute Gasteiger partial charge is 0.177 e. The van der Waals surface area contributed by atoms with Crippen LogP contribution in [0.5, 0.6) is 28.7 Å². The summed E-state index contributed by atoms with van der Waals surface area (Å²) in [7, 11) is 2.92. The number of benzene rings is 2. The normalized spacial score (nSPS) is 15.4. The van der Waals surface area contributed by atoms with E-state index in [1.165, 1.54) is 26.4 Å². The zero-order valence-corrected chi connectivity index (χ0v) is 16.4. The van der Waals surface area contributed by atoms with Crippen LogP contribution >= 0.6 is 0 Å². The van der Waals surface area contributed by atoms with Gasteiger partial charge in [-0.3, -0.25) is 4.79 Å². The number of carbonyl (C=O) groups excluding carboxylic acids is 1. The molecule has 1 aliphatic heterocycles. The molecule has 0 unspecified atom stereocenters. The molecule has 0 saturated carbocycles. The summed E-state index contributed by atoms with van der Waals surface area (Å²) in [5, 5.41) is 20.2. The number of ketones is 1. The van der Waals surface area contributed by atoms with Crippen LogP contribution in [0.25, 0.3) is 0 Å². The van der Waals surface area contributed by atoms with E-state index in [2.05, 4.69) is 0 Å². The number of phenols is 2. The quantitative estimate of drug-likeness (QED) is 0.759. The zero-order chi connectivity index (χ0) is 20.4. The molecule has 3 rings (SSSR count). The highest BCUT2D eigenvalue weighted by atomic mass is 16.5. The molecule has 2 N–H and O–H groups in total.